The number of hydrogen-bond acceptors (Lipinski definition) is 3. The van der Waals surface area contributed by atoms with Gasteiger partial charge in [-0.25, -0.2) is 0 Å². The Kier molecular flexibility index (Phi) is 3.52. The highest BCUT2D eigenvalue weighted by molar-refractivity contribution is 5.24. The molecule has 18 heavy (non-hydrogen) atoms. The van der Waals surface area contributed by atoms with Crippen molar-refractivity contribution >= 4 is 0 Å². The van der Waals surface area contributed by atoms with Crippen LogP contribution in [-0.2, 0) is 20.5 Å². The highest BCUT2D eigenvalue weighted by atomic mass is 16.3. The molecule has 2 rings (SSSR count). The van der Waals surface area contributed by atoms with Gasteiger partial charge in [-0.05, 0) is 32.3 Å². The van der Waals surface area contributed by atoms with Gasteiger partial charge in [-0.3, -0.25) is 9.36 Å². The summed E-state index contributed by atoms with van der Waals surface area (Å²) in [6.07, 6.45) is 4.64. The fourth-order valence-electron chi connectivity index (χ4n) is 2.24. The summed E-state index contributed by atoms with van der Waals surface area (Å²) in [6.45, 7) is 4.07. The molecule has 0 aliphatic heterocycles. The summed E-state index contributed by atoms with van der Waals surface area (Å²) < 4.78 is 3.60. The molecule has 0 aliphatic rings. The fourth-order valence-corrected chi connectivity index (χ4v) is 2.24. The maximum atomic E-state index is 10.1. The molecule has 0 amide bonds. The first-order valence-electron chi connectivity index (χ1n) is 6.14. The van der Waals surface area contributed by atoms with Gasteiger partial charge in [-0.1, -0.05) is 0 Å². The smallest absolute Gasteiger partial charge is 0.0823 e. The van der Waals surface area contributed by atoms with E-state index >= 15 is 0 Å². The van der Waals surface area contributed by atoms with Crippen LogP contribution in [0.15, 0.2) is 12.4 Å². The topological polar surface area (TPSA) is 55.9 Å². The monoisotopic (exact) mass is 248 g/mol. The summed E-state index contributed by atoms with van der Waals surface area (Å²) in [4.78, 5) is 0. The van der Waals surface area contributed by atoms with Crippen molar-refractivity contribution in [1.82, 2.24) is 19.6 Å². The molecule has 5 nitrogen and oxygen atoms in total. The van der Waals surface area contributed by atoms with E-state index in [1.54, 1.807) is 10.9 Å². The first-order chi connectivity index (χ1) is 8.49. The quantitative estimate of drug-likeness (QED) is 0.890. The number of aliphatic hydroxyl groups is 1. The molecule has 2 aromatic rings. The number of aryl methyl sites for hydroxylation is 3. The standard InChI is InChI=1S/C13H20N4O/c1-9-12(10(2)17(4)15-9)5-6-13(18)11-7-14-16(3)8-11/h7-8,13,18H,5-6H2,1-4H3. The van der Waals surface area contributed by atoms with Gasteiger partial charge in [0.15, 0.2) is 0 Å². The van der Waals surface area contributed by atoms with Crippen LogP contribution in [0.25, 0.3) is 0 Å². The maximum Gasteiger partial charge on any atom is 0.0823 e. The van der Waals surface area contributed by atoms with Crippen LogP contribution in [0.1, 0.15) is 35.0 Å². The highest BCUT2D eigenvalue weighted by Gasteiger charge is 2.14. The molecule has 0 spiro atoms. The zero-order valence-corrected chi connectivity index (χ0v) is 11.4. The predicted octanol–water partition coefficient (Wildman–Crippen LogP) is 1.44. The van der Waals surface area contributed by atoms with Crippen molar-refractivity contribution in [3.8, 4) is 0 Å². The average molecular weight is 248 g/mol. The third-order valence-electron chi connectivity index (χ3n) is 3.44. The highest BCUT2D eigenvalue weighted by Crippen LogP contribution is 2.21. The fraction of sp³-hybridized carbons (Fsp3) is 0.538. The maximum absolute atomic E-state index is 10.1. The van der Waals surface area contributed by atoms with E-state index in [0.29, 0.717) is 6.42 Å². The van der Waals surface area contributed by atoms with Crippen molar-refractivity contribution in [2.24, 2.45) is 14.1 Å². The Labute approximate surface area is 107 Å². The molecular formula is C13H20N4O. The van der Waals surface area contributed by atoms with Gasteiger partial charge < -0.3 is 5.11 Å². The van der Waals surface area contributed by atoms with E-state index in [1.165, 1.54) is 11.3 Å². The minimum absolute atomic E-state index is 0.460. The Bertz CT molecular complexity index is 541. The van der Waals surface area contributed by atoms with Gasteiger partial charge in [0.05, 0.1) is 18.0 Å². The minimum Gasteiger partial charge on any atom is -0.388 e. The van der Waals surface area contributed by atoms with Gasteiger partial charge in [0, 0.05) is 31.5 Å². The Morgan fingerprint density at radius 3 is 2.56 bits per heavy atom. The largest absolute Gasteiger partial charge is 0.388 e. The summed E-state index contributed by atoms with van der Waals surface area (Å²) in [5, 5.41) is 18.6. The summed E-state index contributed by atoms with van der Waals surface area (Å²) in [5.41, 5.74) is 4.33. The molecule has 0 aliphatic carbocycles. The van der Waals surface area contributed by atoms with Gasteiger partial charge >= 0.3 is 0 Å². The SMILES string of the molecule is Cc1nn(C)c(C)c1CCC(O)c1cnn(C)c1. The molecule has 0 bridgehead atoms. The predicted molar refractivity (Wildman–Crippen MR) is 69.2 cm³/mol. The molecular weight excluding hydrogens is 228 g/mol. The molecule has 0 saturated carbocycles. The van der Waals surface area contributed by atoms with E-state index in [4.69, 9.17) is 0 Å². The summed E-state index contributed by atoms with van der Waals surface area (Å²) >= 11 is 0. The Hall–Kier alpha value is -1.62. The third kappa shape index (κ3) is 2.46. The van der Waals surface area contributed by atoms with E-state index in [-0.39, 0.29) is 0 Å². The molecule has 0 radical (unpaired) electrons. The van der Waals surface area contributed by atoms with Gasteiger partial charge in [0.25, 0.3) is 0 Å². The molecule has 98 valence electrons. The zero-order valence-electron chi connectivity index (χ0n) is 11.4. The Morgan fingerprint density at radius 1 is 1.33 bits per heavy atom. The lowest BCUT2D eigenvalue weighted by molar-refractivity contribution is 0.167. The number of aliphatic hydroxyl groups excluding tert-OH is 1. The van der Waals surface area contributed by atoms with E-state index in [1.807, 2.05) is 31.9 Å². The second-order valence-electron chi connectivity index (χ2n) is 4.77. The lowest BCUT2D eigenvalue weighted by Crippen LogP contribution is -2.00. The van der Waals surface area contributed by atoms with E-state index < -0.39 is 6.10 Å². The molecule has 0 aromatic carbocycles. The van der Waals surface area contributed by atoms with Crippen LogP contribution in [0.4, 0.5) is 0 Å². The Balaban J connectivity index is 2.03. The summed E-state index contributed by atoms with van der Waals surface area (Å²) in [5.74, 6) is 0. The van der Waals surface area contributed by atoms with Crippen molar-refractivity contribution in [2.45, 2.75) is 32.8 Å². The van der Waals surface area contributed by atoms with Crippen LogP contribution in [0.2, 0.25) is 0 Å². The van der Waals surface area contributed by atoms with Crippen molar-refractivity contribution in [3.05, 3.63) is 34.9 Å². The minimum atomic E-state index is -0.460. The van der Waals surface area contributed by atoms with E-state index in [9.17, 15) is 5.11 Å². The first-order valence-corrected chi connectivity index (χ1v) is 6.14. The number of nitrogens with zero attached hydrogens (tertiary/aromatic N) is 4. The van der Waals surface area contributed by atoms with Gasteiger partial charge in [-0.2, -0.15) is 10.2 Å². The molecule has 2 heterocycles. The van der Waals surface area contributed by atoms with Crippen LogP contribution in [-0.4, -0.2) is 24.7 Å². The number of rotatable bonds is 4. The van der Waals surface area contributed by atoms with Crippen molar-refractivity contribution in [1.29, 1.82) is 0 Å². The van der Waals surface area contributed by atoms with Crippen molar-refractivity contribution in [2.75, 3.05) is 0 Å². The van der Waals surface area contributed by atoms with Crippen molar-refractivity contribution < 1.29 is 5.11 Å². The zero-order chi connectivity index (χ0) is 13.3. The normalized spacial score (nSPS) is 12.9. The molecule has 1 atom stereocenters. The third-order valence-corrected chi connectivity index (χ3v) is 3.44. The second kappa shape index (κ2) is 4.94. The van der Waals surface area contributed by atoms with Crippen LogP contribution in [0.3, 0.4) is 0 Å². The second-order valence-corrected chi connectivity index (χ2v) is 4.77. The molecule has 1 N–H and O–H groups in total. The average Bonchev–Trinajstić information content (AvgIpc) is 2.83. The lowest BCUT2D eigenvalue weighted by atomic mass is 10.0. The number of hydrogen-bond donors (Lipinski definition) is 1. The van der Waals surface area contributed by atoms with Gasteiger partial charge in [0.2, 0.25) is 0 Å². The van der Waals surface area contributed by atoms with Gasteiger partial charge in [-0.15, -0.1) is 0 Å². The lowest BCUT2D eigenvalue weighted by Gasteiger charge is -2.08. The van der Waals surface area contributed by atoms with E-state index in [0.717, 1.165) is 17.7 Å². The molecule has 0 saturated heterocycles. The van der Waals surface area contributed by atoms with Crippen molar-refractivity contribution in [3.63, 3.8) is 0 Å². The molecule has 5 heteroatoms. The van der Waals surface area contributed by atoms with Crippen LogP contribution < -0.4 is 0 Å². The van der Waals surface area contributed by atoms with Crippen LogP contribution in [0, 0.1) is 13.8 Å². The summed E-state index contributed by atoms with van der Waals surface area (Å²) in [6, 6.07) is 0. The first kappa shape index (κ1) is 12.8. The number of aromatic nitrogens is 4. The molecule has 2 aromatic heterocycles. The molecule has 0 fully saturated rings. The summed E-state index contributed by atoms with van der Waals surface area (Å²) in [7, 11) is 3.80. The van der Waals surface area contributed by atoms with Crippen LogP contribution in [0.5, 0.6) is 0 Å². The Morgan fingerprint density at radius 2 is 2.06 bits per heavy atom. The van der Waals surface area contributed by atoms with Crippen LogP contribution >= 0.6 is 0 Å². The molecule has 1 unspecified atom stereocenters. The van der Waals surface area contributed by atoms with Gasteiger partial charge in [0.1, 0.15) is 0 Å². The van der Waals surface area contributed by atoms with E-state index in [2.05, 4.69) is 17.1 Å².